The molecule has 7 heteroatoms. The fraction of sp³-hybridized carbons (Fsp3) is 0.417. The Kier molecular flexibility index (Phi) is 3.66. The molecular weight excluding hydrogens is 270 g/mol. The van der Waals surface area contributed by atoms with Gasteiger partial charge in [-0.2, -0.15) is 0 Å². The Balaban J connectivity index is 2.40. The number of rotatable bonds is 4. The van der Waals surface area contributed by atoms with Gasteiger partial charge in [0.15, 0.2) is 15.1 Å². The Morgan fingerprint density at radius 3 is 2.68 bits per heavy atom. The van der Waals surface area contributed by atoms with Crippen LogP contribution in [0, 0.1) is 5.92 Å². The van der Waals surface area contributed by atoms with Crippen molar-refractivity contribution in [2.45, 2.75) is 29.4 Å². The minimum Gasteiger partial charge on any atom is -0.480 e. The van der Waals surface area contributed by atoms with Crippen LogP contribution in [-0.4, -0.2) is 35.5 Å². The van der Waals surface area contributed by atoms with Crippen LogP contribution < -0.4 is 0 Å². The summed E-state index contributed by atoms with van der Waals surface area (Å²) in [5.41, 5.74) is 0. The average molecular weight is 283 g/mol. The van der Waals surface area contributed by atoms with Gasteiger partial charge in [-0.15, -0.1) is 0 Å². The molecule has 2 atom stereocenters. The molecule has 0 aliphatic heterocycles. The zero-order chi connectivity index (χ0) is 14.0. The molecule has 0 amide bonds. The van der Waals surface area contributed by atoms with Crippen molar-refractivity contribution in [2.75, 3.05) is 0 Å². The molecule has 2 rings (SSSR count). The summed E-state index contributed by atoms with van der Waals surface area (Å²) >= 11 is 0. The quantitative estimate of drug-likeness (QED) is 0.871. The lowest BCUT2D eigenvalue weighted by Crippen LogP contribution is -2.36. The first-order valence-corrected chi connectivity index (χ1v) is 7.36. The molecular formula is C12H13NO5S. The highest BCUT2D eigenvalue weighted by Gasteiger charge is 2.43. The highest BCUT2D eigenvalue weighted by atomic mass is 32.2. The van der Waals surface area contributed by atoms with E-state index in [2.05, 4.69) is 4.98 Å². The molecule has 19 heavy (non-hydrogen) atoms. The lowest BCUT2D eigenvalue weighted by Gasteiger charge is -2.18. The highest BCUT2D eigenvalue weighted by Crippen LogP contribution is 2.32. The van der Waals surface area contributed by atoms with Crippen LogP contribution in [0.25, 0.3) is 0 Å². The van der Waals surface area contributed by atoms with Crippen LogP contribution in [0.4, 0.5) is 0 Å². The summed E-state index contributed by atoms with van der Waals surface area (Å²) in [5.74, 6) is -2.16. The Labute approximate surface area is 110 Å². The van der Waals surface area contributed by atoms with Crippen molar-refractivity contribution < 1.29 is 23.1 Å². The van der Waals surface area contributed by atoms with Crippen LogP contribution in [0.15, 0.2) is 29.4 Å². The molecule has 1 aliphatic carbocycles. The van der Waals surface area contributed by atoms with Gasteiger partial charge in [-0.3, -0.25) is 14.6 Å². The second kappa shape index (κ2) is 5.08. The zero-order valence-corrected chi connectivity index (χ0v) is 10.8. The van der Waals surface area contributed by atoms with E-state index in [1.54, 1.807) is 0 Å². The van der Waals surface area contributed by atoms with Crippen LogP contribution in [0.3, 0.4) is 0 Å². The van der Waals surface area contributed by atoms with E-state index in [1.165, 1.54) is 18.3 Å². The second-order valence-electron chi connectivity index (χ2n) is 4.53. The molecule has 1 aliphatic rings. The van der Waals surface area contributed by atoms with Crippen molar-refractivity contribution in [3.63, 3.8) is 0 Å². The van der Waals surface area contributed by atoms with Gasteiger partial charge in [0.1, 0.15) is 5.78 Å². The molecule has 1 N–H and O–H groups in total. The van der Waals surface area contributed by atoms with E-state index in [0.29, 0.717) is 6.42 Å². The molecule has 0 radical (unpaired) electrons. The average Bonchev–Trinajstić information content (AvgIpc) is 2.76. The Morgan fingerprint density at radius 1 is 1.47 bits per heavy atom. The minimum atomic E-state index is -4.02. The van der Waals surface area contributed by atoms with E-state index >= 15 is 0 Å². The van der Waals surface area contributed by atoms with E-state index < -0.39 is 27.0 Å². The Hall–Kier alpha value is -1.76. The number of carbonyl (C=O) groups excluding carboxylic acids is 1. The number of carboxylic acid groups (broad SMARTS) is 1. The molecule has 0 aromatic carbocycles. The maximum absolute atomic E-state index is 12.3. The molecule has 0 spiro atoms. The molecule has 1 heterocycles. The number of aromatic nitrogens is 1. The van der Waals surface area contributed by atoms with Crippen molar-refractivity contribution >= 4 is 21.6 Å². The first kappa shape index (κ1) is 13.7. The number of pyridine rings is 1. The van der Waals surface area contributed by atoms with E-state index in [-0.39, 0.29) is 23.5 Å². The zero-order valence-electron chi connectivity index (χ0n) is 10.0. The number of nitrogens with zero attached hydrogens (tertiary/aromatic N) is 1. The van der Waals surface area contributed by atoms with E-state index in [4.69, 9.17) is 0 Å². The first-order chi connectivity index (χ1) is 8.93. The van der Waals surface area contributed by atoms with E-state index in [9.17, 15) is 23.1 Å². The highest BCUT2D eigenvalue weighted by molar-refractivity contribution is 7.92. The van der Waals surface area contributed by atoms with Crippen molar-refractivity contribution in [1.29, 1.82) is 0 Å². The van der Waals surface area contributed by atoms with Crippen LogP contribution in [0.2, 0.25) is 0 Å². The second-order valence-corrected chi connectivity index (χ2v) is 6.60. The summed E-state index contributed by atoms with van der Waals surface area (Å²) in [6.45, 7) is 0. The standard InChI is InChI=1S/C12H13NO5S/c14-9-4-3-8(6-9)11(12(15)16)19(17,18)10-2-1-5-13-7-10/h1-2,5,7-8,11H,3-4,6H2,(H,15,16). The van der Waals surface area contributed by atoms with Crippen molar-refractivity contribution in [3.8, 4) is 0 Å². The van der Waals surface area contributed by atoms with Gasteiger partial charge in [0.2, 0.25) is 0 Å². The van der Waals surface area contributed by atoms with Crippen LogP contribution in [0.1, 0.15) is 19.3 Å². The normalized spacial score (nSPS) is 21.3. The predicted molar refractivity (Wildman–Crippen MR) is 65.2 cm³/mol. The molecule has 1 aromatic rings. The van der Waals surface area contributed by atoms with Gasteiger partial charge in [-0.05, 0) is 24.5 Å². The minimum absolute atomic E-state index is 0.0104. The monoisotopic (exact) mass is 283 g/mol. The smallest absolute Gasteiger partial charge is 0.322 e. The lowest BCUT2D eigenvalue weighted by molar-refractivity contribution is -0.137. The third kappa shape index (κ3) is 2.65. The Morgan fingerprint density at radius 2 is 2.21 bits per heavy atom. The molecule has 1 aromatic heterocycles. The fourth-order valence-electron chi connectivity index (χ4n) is 2.35. The van der Waals surface area contributed by atoms with Gasteiger partial charge in [0.05, 0.1) is 4.90 Å². The number of hydrogen-bond acceptors (Lipinski definition) is 5. The van der Waals surface area contributed by atoms with Gasteiger partial charge in [-0.25, -0.2) is 8.42 Å². The summed E-state index contributed by atoms with van der Waals surface area (Å²) < 4.78 is 24.7. The van der Waals surface area contributed by atoms with Crippen LogP contribution >= 0.6 is 0 Å². The summed E-state index contributed by atoms with van der Waals surface area (Å²) in [7, 11) is -4.02. The van der Waals surface area contributed by atoms with E-state index in [1.807, 2.05) is 0 Å². The molecule has 0 bridgehead atoms. The largest absolute Gasteiger partial charge is 0.480 e. The number of ketones is 1. The van der Waals surface area contributed by atoms with Crippen LogP contribution in [-0.2, 0) is 19.4 Å². The van der Waals surface area contributed by atoms with Crippen molar-refractivity contribution in [3.05, 3.63) is 24.5 Å². The van der Waals surface area contributed by atoms with Gasteiger partial charge < -0.3 is 5.11 Å². The number of sulfone groups is 1. The number of carboxylic acids is 1. The maximum Gasteiger partial charge on any atom is 0.322 e. The van der Waals surface area contributed by atoms with E-state index in [0.717, 1.165) is 6.20 Å². The SMILES string of the molecule is O=C1CCC(C(C(=O)O)S(=O)(=O)c2cccnc2)C1. The predicted octanol–water partition coefficient (Wildman–Crippen LogP) is 0.678. The molecule has 1 saturated carbocycles. The number of Topliss-reactive ketones (excluding diaryl/α,β-unsaturated/α-hetero) is 1. The van der Waals surface area contributed by atoms with Gasteiger partial charge >= 0.3 is 5.97 Å². The third-order valence-corrected chi connectivity index (χ3v) is 5.41. The summed E-state index contributed by atoms with van der Waals surface area (Å²) in [6.07, 6.45) is 3.10. The molecule has 2 unspecified atom stereocenters. The topological polar surface area (TPSA) is 101 Å². The van der Waals surface area contributed by atoms with Crippen molar-refractivity contribution in [2.24, 2.45) is 5.92 Å². The summed E-state index contributed by atoms with van der Waals surface area (Å²) in [6, 6.07) is 2.75. The summed E-state index contributed by atoms with van der Waals surface area (Å²) in [4.78, 5) is 26.1. The van der Waals surface area contributed by atoms with Gasteiger partial charge in [0.25, 0.3) is 0 Å². The fourth-order valence-corrected chi connectivity index (χ4v) is 4.12. The summed E-state index contributed by atoms with van der Waals surface area (Å²) in [5, 5.41) is 7.63. The van der Waals surface area contributed by atoms with Gasteiger partial charge in [-0.1, -0.05) is 0 Å². The molecule has 102 valence electrons. The maximum atomic E-state index is 12.3. The number of aliphatic carboxylic acids is 1. The van der Waals surface area contributed by atoms with Crippen LogP contribution in [0.5, 0.6) is 0 Å². The van der Waals surface area contributed by atoms with Gasteiger partial charge in [0, 0.05) is 25.2 Å². The Bertz CT molecular complexity index is 596. The third-order valence-electron chi connectivity index (χ3n) is 3.25. The molecule has 1 fully saturated rings. The molecule has 0 saturated heterocycles. The lowest BCUT2D eigenvalue weighted by atomic mass is 10.0. The first-order valence-electron chi connectivity index (χ1n) is 5.81. The number of hydrogen-bond donors (Lipinski definition) is 1. The number of carbonyl (C=O) groups is 2. The molecule has 6 nitrogen and oxygen atoms in total. The van der Waals surface area contributed by atoms with Crippen molar-refractivity contribution in [1.82, 2.24) is 4.98 Å².